The standard InChI is InChI=1S/C11H18N2O/c12-11(7-4-8-11)10(14)13-9-5-2-1-3-6-9/h1-2,9H,3-8,12H2,(H,13,14). The Hall–Kier alpha value is -0.830. The number of hydrogen-bond donors (Lipinski definition) is 2. The lowest BCUT2D eigenvalue weighted by molar-refractivity contribution is -0.130. The molecule has 0 spiro atoms. The van der Waals surface area contributed by atoms with Crippen LogP contribution in [-0.4, -0.2) is 17.5 Å². The second kappa shape index (κ2) is 3.73. The first-order valence-electron chi connectivity index (χ1n) is 5.45. The molecule has 1 fully saturated rings. The Kier molecular flexibility index (Phi) is 2.59. The van der Waals surface area contributed by atoms with Crippen molar-refractivity contribution in [1.29, 1.82) is 0 Å². The average Bonchev–Trinajstić information content (AvgIpc) is 2.15. The zero-order valence-electron chi connectivity index (χ0n) is 8.46. The van der Waals surface area contributed by atoms with E-state index in [1.165, 1.54) is 0 Å². The number of carbonyl (C=O) groups is 1. The van der Waals surface area contributed by atoms with Gasteiger partial charge in [-0.15, -0.1) is 0 Å². The van der Waals surface area contributed by atoms with Crippen molar-refractivity contribution in [2.75, 3.05) is 0 Å². The van der Waals surface area contributed by atoms with Gasteiger partial charge in [0.25, 0.3) is 0 Å². The van der Waals surface area contributed by atoms with E-state index in [2.05, 4.69) is 17.5 Å². The molecule has 0 bridgehead atoms. The molecule has 2 aliphatic carbocycles. The van der Waals surface area contributed by atoms with Gasteiger partial charge in [0.15, 0.2) is 0 Å². The van der Waals surface area contributed by atoms with Crippen molar-refractivity contribution < 1.29 is 4.79 Å². The topological polar surface area (TPSA) is 55.1 Å². The summed E-state index contributed by atoms with van der Waals surface area (Å²) in [5, 5.41) is 3.05. The third-order valence-electron chi connectivity index (χ3n) is 3.30. The molecule has 0 aromatic rings. The molecule has 14 heavy (non-hydrogen) atoms. The smallest absolute Gasteiger partial charge is 0.240 e. The van der Waals surface area contributed by atoms with E-state index in [0.29, 0.717) is 6.04 Å². The maximum atomic E-state index is 11.8. The molecule has 0 saturated heterocycles. The lowest BCUT2D eigenvalue weighted by Crippen LogP contribution is -2.60. The van der Waals surface area contributed by atoms with Crippen molar-refractivity contribution in [1.82, 2.24) is 5.32 Å². The Balaban J connectivity index is 1.84. The van der Waals surface area contributed by atoms with Gasteiger partial charge in [0.05, 0.1) is 5.54 Å². The quantitative estimate of drug-likeness (QED) is 0.647. The summed E-state index contributed by atoms with van der Waals surface area (Å²) in [4.78, 5) is 11.8. The fourth-order valence-electron chi connectivity index (χ4n) is 2.04. The minimum absolute atomic E-state index is 0.0593. The van der Waals surface area contributed by atoms with Gasteiger partial charge in [0, 0.05) is 6.04 Å². The first kappa shape index (κ1) is 9.71. The van der Waals surface area contributed by atoms with E-state index in [4.69, 9.17) is 5.73 Å². The van der Waals surface area contributed by atoms with Crippen LogP contribution in [0.2, 0.25) is 0 Å². The Bertz CT molecular complexity index is 256. The van der Waals surface area contributed by atoms with Gasteiger partial charge in [-0.1, -0.05) is 12.2 Å². The monoisotopic (exact) mass is 194 g/mol. The number of nitrogens with one attached hydrogen (secondary N) is 1. The number of allylic oxidation sites excluding steroid dienone is 1. The first-order chi connectivity index (χ1) is 6.71. The maximum Gasteiger partial charge on any atom is 0.240 e. The van der Waals surface area contributed by atoms with Gasteiger partial charge < -0.3 is 11.1 Å². The van der Waals surface area contributed by atoms with Crippen molar-refractivity contribution in [3.05, 3.63) is 12.2 Å². The summed E-state index contributed by atoms with van der Waals surface area (Å²) in [5.74, 6) is 0.0593. The van der Waals surface area contributed by atoms with Gasteiger partial charge in [0.2, 0.25) is 5.91 Å². The van der Waals surface area contributed by atoms with Crippen LogP contribution >= 0.6 is 0 Å². The van der Waals surface area contributed by atoms with Crippen LogP contribution < -0.4 is 11.1 Å². The largest absolute Gasteiger partial charge is 0.351 e. The molecule has 2 aliphatic rings. The van der Waals surface area contributed by atoms with Crippen molar-refractivity contribution in [2.24, 2.45) is 5.73 Å². The lowest BCUT2D eigenvalue weighted by Gasteiger charge is -2.37. The molecule has 3 N–H and O–H groups in total. The molecule has 3 heteroatoms. The van der Waals surface area contributed by atoms with E-state index in [-0.39, 0.29) is 5.91 Å². The van der Waals surface area contributed by atoms with E-state index < -0.39 is 5.54 Å². The van der Waals surface area contributed by atoms with Gasteiger partial charge in [-0.2, -0.15) is 0 Å². The number of carbonyl (C=O) groups excluding carboxylic acids is 1. The van der Waals surface area contributed by atoms with Crippen LogP contribution in [0.4, 0.5) is 0 Å². The third kappa shape index (κ3) is 1.82. The van der Waals surface area contributed by atoms with E-state index >= 15 is 0 Å². The van der Waals surface area contributed by atoms with Gasteiger partial charge in [-0.25, -0.2) is 0 Å². The normalized spacial score (nSPS) is 29.4. The highest BCUT2D eigenvalue weighted by Gasteiger charge is 2.40. The van der Waals surface area contributed by atoms with E-state index in [0.717, 1.165) is 38.5 Å². The van der Waals surface area contributed by atoms with Gasteiger partial charge in [0.1, 0.15) is 0 Å². The van der Waals surface area contributed by atoms with Crippen LogP contribution in [0.25, 0.3) is 0 Å². The molecule has 2 rings (SSSR count). The molecule has 78 valence electrons. The molecule has 3 nitrogen and oxygen atoms in total. The van der Waals surface area contributed by atoms with E-state index in [1.807, 2.05) is 0 Å². The minimum Gasteiger partial charge on any atom is -0.351 e. The van der Waals surface area contributed by atoms with E-state index in [1.54, 1.807) is 0 Å². The Morgan fingerprint density at radius 3 is 2.71 bits per heavy atom. The molecule has 0 radical (unpaired) electrons. The molecule has 0 heterocycles. The fraction of sp³-hybridized carbons (Fsp3) is 0.727. The van der Waals surface area contributed by atoms with Crippen LogP contribution in [0, 0.1) is 0 Å². The molecular weight excluding hydrogens is 176 g/mol. The highest BCUT2D eigenvalue weighted by molar-refractivity contribution is 5.87. The predicted molar refractivity (Wildman–Crippen MR) is 55.7 cm³/mol. The summed E-state index contributed by atoms with van der Waals surface area (Å²) in [6.07, 6.45) is 10.2. The van der Waals surface area contributed by atoms with Gasteiger partial charge >= 0.3 is 0 Å². The molecular formula is C11H18N2O. The summed E-state index contributed by atoms with van der Waals surface area (Å²) in [6, 6.07) is 0.313. The number of amides is 1. The second-order valence-corrected chi connectivity index (χ2v) is 4.46. The summed E-state index contributed by atoms with van der Waals surface area (Å²) in [5.41, 5.74) is 5.39. The van der Waals surface area contributed by atoms with Crippen LogP contribution in [0.1, 0.15) is 38.5 Å². The summed E-state index contributed by atoms with van der Waals surface area (Å²) < 4.78 is 0. The minimum atomic E-state index is -0.541. The van der Waals surface area contributed by atoms with Gasteiger partial charge in [-0.05, 0) is 38.5 Å². The zero-order valence-corrected chi connectivity index (χ0v) is 8.46. The SMILES string of the molecule is NC1(C(=O)NC2CC=CCC2)CCC1. The Labute approximate surface area is 84.7 Å². The molecule has 1 amide bonds. The van der Waals surface area contributed by atoms with Crippen LogP contribution in [0.3, 0.4) is 0 Å². The van der Waals surface area contributed by atoms with Gasteiger partial charge in [-0.3, -0.25) is 4.79 Å². The van der Waals surface area contributed by atoms with Crippen molar-refractivity contribution >= 4 is 5.91 Å². The maximum absolute atomic E-state index is 11.8. The summed E-state index contributed by atoms with van der Waals surface area (Å²) >= 11 is 0. The molecule has 1 unspecified atom stereocenters. The van der Waals surface area contributed by atoms with Crippen LogP contribution in [0.15, 0.2) is 12.2 Å². The highest BCUT2D eigenvalue weighted by Crippen LogP contribution is 2.29. The number of nitrogens with two attached hydrogens (primary N) is 1. The molecule has 0 aliphatic heterocycles. The van der Waals surface area contributed by atoms with Crippen molar-refractivity contribution in [2.45, 2.75) is 50.1 Å². The first-order valence-corrected chi connectivity index (χ1v) is 5.45. The summed E-state index contributed by atoms with van der Waals surface area (Å²) in [7, 11) is 0. The lowest BCUT2D eigenvalue weighted by atomic mass is 9.77. The van der Waals surface area contributed by atoms with Crippen LogP contribution in [-0.2, 0) is 4.79 Å². The summed E-state index contributed by atoms with van der Waals surface area (Å²) in [6.45, 7) is 0. The number of rotatable bonds is 2. The van der Waals surface area contributed by atoms with E-state index in [9.17, 15) is 4.79 Å². The number of hydrogen-bond acceptors (Lipinski definition) is 2. The Morgan fingerprint density at radius 2 is 2.21 bits per heavy atom. The molecule has 1 saturated carbocycles. The zero-order chi connectivity index (χ0) is 10.0. The molecule has 0 aromatic carbocycles. The van der Waals surface area contributed by atoms with Crippen LogP contribution in [0.5, 0.6) is 0 Å². The highest BCUT2D eigenvalue weighted by atomic mass is 16.2. The van der Waals surface area contributed by atoms with Crippen molar-refractivity contribution in [3.8, 4) is 0 Å². The molecule has 0 aromatic heterocycles. The Morgan fingerprint density at radius 1 is 1.43 bits per heavy atom. The molecule has 1 atom stereocenters. The average molecular weight is 194 g/mol. The third-order valence-corrected chi connectivity index (χ3v) is 3.30. The van der Waals surface area contributed by atoms with Crippen molar-refractivity contribution in [3.63, 3.8) is 0 Å². The second-order valence-electron chi connectivity index (χ2n) is 4.46. The fourth-order valence-corrected chi connectivity index (χ4v) is 2.04. The predicted octanol–water partition coefficient (Wildman–Crippen LogP) is 1.09.